The van der Waals surface area contributed by atoms with Gasteiger partial charge in [-0.3, -0.25) is 4.99 Å². The predicted octanol–water partition coefficient (Wildman–Crippen LogP) is 2.45. The smallest absolute Gasteiger partial charge is 0.127 e. The Morgan fingerprint density at radius 2 is 2.11 bits per heavy atom. The van der Waals surface area contributed by atoms with Gasteiger partial charge in [0.15, 0.2) is 0 Å². The average molecular weight is 258 g/mol. The number of benzene rings is 1. The minimum atomic E-state index is -0.0327. The minimum absolute atomic E-state index is 0.0327. The summed E-state index contributed by atoms with van der Waals surface area (Å²) >= 11 is 0. The third-order valence-electron chi connectivity index (χ3n) is 4.02. The summed E-state index contributed by atoms with van der Waals surface area (Å²) in [5.74, 6) is 1.10. The van der Waals surface area contributed by atoms with Crippen molar-refractivity contribution >= 4 is 17.2 Å². The molecule has 0 bridgehead atoms. The number of aliphatic imine (C=N–C) groups is 1. The fourth-order valence-corrected chi connectivity index (χ4v) is 3.17. The van der Waals surface area contributed by atoms with E-state index in [0.717, 1.165) is 37.5 Å². The maximum absolute atomic E-state index is 4.71. The first kappa shape index (κ1) is 12.5. The summed E-state index contributed by atoms with van der Waals surface area (Å²) in [7, 11) is 0. The minimum Gasteiger partial charge on any atom is -0.371 e. The van der Waals surface area contributed by atoms with Crippen LogP contribution in [-0.4, -0.2) is 30.5 Å². The number of amidine groups is 1. The summed E-state index contributed by atoms with van der Waals surface area (Å²) in [5.41, 5.74) is 2.29. The van der Waals surface area contributed by atoms with E-state index in [1.807, 2.05) is 0 Å². The molecule has 4 heteroatoms. The van der Waals surface area contributed by atoms with Gasteiger partial charge in [0, 0.05) is 12.6 Å². The van der Waals surface area contributed by atoms with E-state index in [4.69, 9.17) is 4.99 Å². The van der Waals surface area contributed by atoms with Gasteiger partial charge in [-0.05, 0) is 45.4 Å². The van der Waals surface area contributed by atoms with Crippen molar-refractivity contribution < 1.29 is 0 Å². The van der Waals surface area contributed by atoms with Crippen LogP contribution in [0.3, 0.4) is 0 Å². The first-order valence-electron chi connectivity index (χ1n) is 7.16. The Labute approximate surface area is 114 Å². The van der Waals surface area contributed by atoms with Crippen LogP contribution in [0.15, 0.2) is 29.3 Å². The lowest BCUT2D eigenvalue weighted by atomic mass is 9.81. The van der Waals surface area contributed by atoms with E-state index in [9.17, 15) is 0 Å². The number of nitrogens with one attached hydrogen (secondary N) is 3. The van der Waals surface area contributed by atoms with Gasteiger partial charge in [0.1, 0.15) is 5.84 Å². The van der Waals surface area contributed by atoms with Crippen LogP contribution in [0.2, 0.25) is 0 Å². The summed E-state index contributed by atoms with van der Waals surface area (Å²) in [6, 6.07) is 8.88. The molecule has 102 valence electrons. The van der Waals surface area contributed by atoms with Crippen molar-refractivity contribution in [2.75, 3.05) is 23.7 Å². The molecule has 0 aromatic heterocycles. The highest BCUT2D eigenvalue weighted by Gasteiger charge is 2.42. The predicted molar refractivity (Wildman–Crippen MR) is 81.1 cm³/mol. The Morgan fingerprint density at radius 1 is 1.32 bits per heavy atom. The molecule has 0 radical (unpaired) electrons. The Kier molecular flexibility index (Phi) is 3.19. The zero-order valence-electron chi connectivity index (χ0n) is 11.7. The summed E-state index contributed by atoms with van der Waals surface area (Å²) in [4.78, 5) is 4.71. The van der Waals surface area contributed by atoms with Gasteiger partial charge in [-0.2, -0.15) is 0 Å². The molecule has 3 N–H and O–H groups in total. The lowest BCUT2D eigenvalue weighted by Gasteiger charge is -2.46. The molecule has 4 nitrogen and oxygen atoms in total. The molecular formula is C15H22N4. The van der Waals surface area contributed by atoms with Gasteiger partial charge >= 0.3 is 0 Å². The fourth-order valence-electron chi connectivity index (χ4n) is 3.17. The van der Waals surface area contributed by atoms with Crippen molar-refractivity contribution in [3.63, 3.8) is 0 Å². The van der Waals surface area contributed by atoms with E-state index in [0.29, 0.717) is 6.04 Å². The summed E-state index contributed by atoms with van der Waals surface area (Å²) in [6.07, 6.45) is 2.13. The van der Waals surface area contributed by atoms with Crippen molar-refractivity contribution in [3.05, 3.63) is 24.3 Å². The molecular weight excluding hydrogens is 236 g/mol. The fraction of sp³-hybridized carbons (Fsp3) is 0.533. The standard InChI is InChI=1S/C15H22N4/c1-3-16-14-15(8-9-17-11(2)10-15)19-13-7-5-4-6-12(13)18-14/h4-7,11,17,19H,3,8-10H2,1-2H3,(H,16,18). The molecule has 0 amide bonds. The highest BCUT2D eigenvalue weighted by molar-refractivity contribution is 6.09. The van der Waals surface area contributed by atoms with Crippen LogP contribution in [0.1, 0.15) is 26.7 Å². The SMILES string of the molecule is CCN=C1Nc2ccccc2NC12CCNC(C)C2. The van der Waals surface area contributed by atoms with Gasteiger partial charge in [-0.15, -0.1) is 0 Å². The molecule has 1 aromatic rings. The van der Waals surface area contributed by atoms with Crippen molar-refractivity contribution in [1.82, 2.24) is 5.32 Å². The molecule has 2 heterocycles. The molecule has 2 atom stereocenters. The number of hydrogen-bond acceptors (Lipinski definition) is 3. The van der Waals surface area contributed by atoms with Crippen molar-refractivity contribution in [1.29, 1.82) is 0 Å². The van der Waals surface area contributed by atoms with Crippen molar-refractivity contribution in [3.8, 4) is 0 Å². The quantitative estimate of drug-likeness (QED) is 0.725. The molecule has 1 saturated heterocycles. The van der Waals surface area contributed by atoms with Crippen LogP contribution in [0.25, 0.3) is 0 Å². The second kappa shape index (κ2) is 4.85. The molecule has 1 spiro atoms. The number of fused-ring (bicyclic) bond motifs is 1. The molecule has 2 aliphatic heterocycles. The Morgan fingerprint density at radius 3 is 2.84 bits per heavy atom. The number of rotatable bonds is 1. The van der Waals surface area contributed by atoms with Crippen molar-refractivity contribution in [2.24, 2.45) is 4.99 Å². The highest BCUT2D eigenvalue weighted by Crippen LogP contribution is 2.36. The molecule has 19 heavy (non-hydrogen) atoms. The highest BCUT2D eigenvalue weighted by atomic mass is 15.2. The second-order valence-corrected chi connectivity index (χ2v) is 5.51. The zero-order valence-corrected chi connectivity index (χ0v) is 11.7. The number of hydrogen-bond donors (Lipinski definition) is 3. The molecule has 2 unspecified atom stereocenters. The van der Waals surface area contributed by atoms with Crippen LogP contribution in [0.5, 0.6) is 0 Å². The Bertz CT molecular complexity index is 497. The van der Waals surface area contributed by atoms with E-state index in [2.05, 4.69) is 54.1 Å². The number of piperidine rings is 1. The van der Waals surface area contributed by atoms with E-state index in [-0.39, 0.29) is 5.54 Å². The van der Waals surface area contributed by atoms with Gasteiger partial charge in [0.05, 0.1) is 16.9 Å². The molecule has 1 fully saturated rings. The summed E-state index contributed by atoms with van der Waals surface area (Å²) in [6.45, 7) is 6.18. The Hall–Kier alpha value is -1.55. The maximum atomic E-state index is 4.71. The second-order valence-electron chi connectivity index (χ2n) is 5.51. The van der Waals surface area contributed by atoms with Crippen molar-refractivity contribution in [2.45, 2.75) is 38.3 Å². The normalized spacial score (nSPS) is 31.7. The van der Waals surface area contributed by atoms with Gasteiger partial charge in [0.25, 0.3) is 0 Å². The molecule has 2 aliphatic rings. The zero-order chi connectivity index (χ0) is 13.3. The van der Waals surface area contributed by atoms with Gasteiger partial charge in [0.2, 0.25) is 0 Å². The van der Waals surface area contributed by atoms with Crippen LogP contribution in [-0.2, 0) is 0 Å². The average Bonchev–Trinajstić information content (AvgIpc) is 2.40. The van der Waals surface area contributed by atoms with E-state index >= 15 is 0 Å². The van der Waals surface area contributed by atoms with Crippen LogP contribution >= 0.6 is 0 Å². The van der Waals surface area contributed by atoms with E-state index in [1.54, 1.807) is 0 Å². The lowest BCUT2D eigenvalue weighted by Crippen LogP contribution is -2.60. The maximum Gasteiger partial charge on any atom is 0.127 e. The van der Waals surface area contributed by atoms with Gasteiger partial charge in [-0.1, -0.05) is 12.1 Å². The topological polar surface area (TPSA) is 48.5 Å². The molecule has 0 saturated carbocycles. The third kappa shape index (κ3) is 2.21. The van der Waals surface area contributed by atoms with Crippen LogP contribution in [0.4, 0.5) is 11.4 Å². The number of anilines is 2. The van der Waals surface area contributed by atoms with E-state index in [1.165, 1.54) is 5.69 Å². The van der Waals surface area contributed by atoms with Crippen LogP contribution in [0, 0.1) is 0 Å². The monoisotopic (exact) mass is 258 g/mol. The summed E-state index contributed by atoms with van der Waals surface area (Å²) < 4.78 is 0. The number of nitrogens with zero attached hydrogens (tertiary/aromatic N) is 1. The van der Waals surface area contributed by atoms with Gasteiger partial charge in [-0.25, -0.2) is 0 Å². The lowest BCUT2D eigenvalue weighted by molar-refractivity contribution is 0.351. The molecule has 0 aliphatic carbocycles. The molecule has 3 rings (SSSR count). The summed E-state index contributed by atoms with van der Waals surface area (Å²) in [5, 5.41) is 10.8. The van der Waals surface area contributed by atoms with Gasteiger partial charge < -0.3 is 16.0 Å². The number of para-hydroxylation sites is 2. The Balaban J connectivity index is 2.00. The first-order chi connectivity index (χ1) is 9.23. The van der Waals surface area contributed by atoms with E-state index < -0.39 is 0 Å². The first-order valence-corrected chi connectivity index (χ1v) is 7.16. The largest absolute Gasteiger partial charge is 0.371 e. The van der Waals surface area contributed by atoms with Crippen LogP contribution < -0.4 is 16.0 Å². The third-order valence-corrected chi connectivity index (χ3v) is 4.02. The molecule has 1 aromatic carbocycles.